The molecule has 1 saturated carbocycles. The standard InChI is InChI=1S/C25H29N3O3/c1-17-5-7-18(8-6-17)24(30)19-11-13-28(14-12-19)16-23(29)26-22-4-2-3-20(15-22)25(31)27-21-9-10-21/h2-8,15,19,21H,9-14,16H2,1H3,(H,26,29)(H,27,31). The average molecular weight is 420 g/mol. The van der Waals surface area contributed by atoms with E-state index >= 15 is 0 Å². The number of benzene rings is 2. The summed E-state index contributed by atoms with van der Waals surface area (Å²) in [6, 6.07) is 15.1. The minimum atomic E-state index is -0.108. The van der Waals surface area contributed by atoms with E-state index in [1.165, 1.54) is 0 Å². The van der Waals surface area contributed by atoms with Crippen molar-refractivity contribution >= 4 is 23.3 Å². The Labute approximate surface area is 183 Å². The van der Waals surface area contributed by atoms with Gasteiger partial charge >= 0.3 is 0 Å². The lowest BCUT2D eigenvalue weighted by Gasteiger charge is -2.30. The van der Waals surface area contributed by atoms with Crippen LogP contribution in [0.25, 0.3) is 0 Å². The van der Waals surface area contributed by atoms with E-state index in [1.807, 2.05) is 31.2 Å². The summed E-state index contributed by atoms with van der Waals surface area (Å²) < 4.78 is 0. The van der Waals surface area contributed by atoms with E-state index in [0.717, 1.165) is 49.9 Å². The van der Waals surface area contributed by atoms with Gasteiger partial charge in [0.25, 0.3) is 5.91 Å². The Balaban J connectivity index is 1.25. The summed E-state index contributed by atoms with van der Waals surface area (Å²) in [6.07, 6.45) is 3.60. The molecule has 2 N–H and O–H groups in total. The van der Waals surface area contributed by atoms with Gasteiger partial charge in [-0.15, -0.1) is 0 Å². The molecule has 0 aromatic heterocycles. The first-order valence-electron chi connectivity index (χ1n) is 11.0. The number of hydrogen-bond acceptors (Lipinski definition) is 4. The number of rotatable bonds is 7. The third-order valence-electron chi connectivity index (χ3n) is 5.98. The number of anilines is 1. The van der Waals surface area contributed by atoms with Crippen LogP contribution in [0.2, 0.25) is 0 Å². The van der Waals surface area contributed by atoms with Gasteiger partial charge in [0, 0.05) is 28.8 Å². The van der Waals surface area contributed by atoms with Gasteiger partial charge in [0.1, 0.15) is 0 Å². The van der Waals surface area contributed by atoms with Crippen LogP contribution in [0.3, 0.4) is 0 Å². The molecular formula is C25H29N3O3. The molecule has 0 bridgehead atoms. The maximum Gasteiger partial charge on any atom is 0.251 e. The van der Waals surface area contributed by atoms with Gasteiger partial charge in [0.2, 0.25) is 5.91 Å². The highest BCUT2D eigenvalue weighted by atomic mass is 16.2. The van der Waals surface area contributed by atoms with Crippen LogP contribution in [0, 0.1) is 12.8 Å². The Bertz CT molecular complexity index is 958. The lowest BCUT2D eigenvalue weighted by atomic mass is 9.88. The summed E-state index contributed by atoms with van der Waals surface area (Å²) in [4.78, 5) is 39.5. The number of aryl methyl sites for hydroxylation is 1. The van der Waals surface area contributed by atoms with Gasteiger partial charge in [0.05, 0.1) is 6.54 Å². The Kier molecular flexibility index (Phi) is 6.47. The van der Waals surface area contributed by atoms with Crippen molar-refractivity contribution in [2.45, 2.75) is 38.6 Å². The number of carbonyl (C=O) groups is 3. The second-order valence-corrected chi connectivity index (χ2v) is 8.66. The van der Waals surface area contributed by atoms with Gasteiger partial charge < -0.3 is 10.6 Å². The summed E-state index contributed by atoms with van der Waals surface area (Å²) in [5, 5.41) is 5.85. The van der Waals surface area contributed by atoms with Gasteiger partial charge in [-0.25, -0.2) is 0 Å². The molecule has 1 aliphatic carbocycles. The van der Waals surface area contributed by atoms with Crippen molar-refractivity contribution in [3.63, 3.8) is 0 Å². The van der Waals surface area contributed by atoms with E-state index in [4.69, 9.17) is 0 Å². The minimum Gasteiger partial charge on any atom is -0.349 e. The van der Waals surface area contributed by atoms with E-state index in [-0.39, 0.29) is 30.1 Å². The van der Waals surface area contributed by atoms with Crippen molar-refractivity contribution in [1.29, 1.82) is 0 Å². The van der Waals surface area contributed by atoms with E-state index in [2.05, 4.69) is 15.5 Å². The fourth-order valence-corrected chi connectivity index (χ4v) is 3.94. The number of nitrogens with zero attached hydrogens (tertiary/aromatic N) is 1. The van der Waals surface area contributed by atoms with E-state index in [1.54, 1.807) is 24.3 Å². The van der Waals surface area contributed by atoms with Crippen molar-refractivity contribution < 1.29 is 14.4 Å². The number of piperidine rings is 1. The van der Waals surface area contributed by atoms with Crippen LogP contribution in [-0.4, -0.2) is 48.2 Å². The Morgan fingerprint density at radius 2 is 1.65 bits per heavy atom. The number of amides is 2. The summed E-state index contributed by atoms with van der Waals surface area (Å²) in [6.45, 7) is 3.74. The van der Waals surface area contributed by atoms with Gasteiger partial charge in [-0.1, -0.05) is 35.9 Å². The predicted octanol–water partition coefficient (Wildman–Crippen LogP) is 3.42. The number of Topliss-reactive ketones (excluding diaryl/α,β-unsaturated/α-hetero) is 1. The van der Waals surface area contributed by atoms with Crippen LogP contribution in [0.15, 0.2) is 48.5 Å². The van der Waals surface area contributed by atoms with Crippen LogP contribution in [0.4, 0.5) is 5.69 Å². The smallest absolute Gasteiger partial charge is 0.251 e. The molecule has 0 unspecified atom stereocenters. The topological polar surface area (TPSA) is 78.5 Å². The van der Waals surface area contributed by atoms with Gasteiger partial charge in [-0.05, 0) is 63.9 Å². The molecule has 6 heteroatoms. The van der Waals surface area contributed by atoms with Crippen molar-refractivity contribution in [2.75, 3.05) is 25.0 Å². The largest absolute Gasteiger partial charge is 0.349 e. The Hall–Kier alpha value is -2.99. The molecule has 2 fully saturated rings. The molecule has 6 nitrogen and oxygen atoms in total. The first-order chi connectivity index (χ1) is 15.0. The molecule has 162 valence electrons. The van der Waals surface area contributed by atoms with Crippen LogP contribution < -0.4 is 10.6 Å². The molecule has 0 radical (unpaired) electrons. The minimum absolute atomic E-state index is 0.0173. The second kappa shape index (κ2) is 9.43. The molecule has 1 saturated heterocycles. The first kappa shape index (κ1) is 21.2. The molecular weight excluding hydrogens is 390 g/mol. The van der Waals surface area contributed by atoms with Crippen LogP contribution in [-0.2, 0) is 4.79 Å². The molecule has 2 aliphatic rings. The third-order valence-corrected chi connectivity index (χ3v) is 5.98. The zero-order valence-corrected chi connectivity index (χ0v) is 17.9. The number of hydrogen-bond donors (Lipinski definition) is 2. The Morgan fingerprint density at radius 1 is 0.935 bits per heavy atom. The Morgan fingerprint density at radius 3 is 2.32 bits per heavy atom. The summed E-state index contributed by atoms with van der Waals surface area (Å²) in [7, 11) is 0. The second-order valence-electron chi connectivity index (χ2n) is 8.66. The fourth-order valence-electron chi connectivity index (χ4n) is 3.94. The zero-order chi connectivity index (χ0) is 21.8. The fraction of sp³-hybridized carbons (Fsp3) is 0.400. The molecule has 2 aromatic carbocycles. The van der Waals surface area contributed by atoms with Gasteiger partial charge in [-0.2, -0.15) is 0 Å². The number of likely N-dealkylation sites (tertiary alicyclic amines) is 1. The highest BCUT2D eigenvalue weighted by Gasteiger charge is 2.27. The number of carbonyl (C=O) groups excluding carboxylic acids is 3. The van der Waals surface area contributed by atoms with Crippen molar-refractivity contribution in [1.82, 2.24) is 10.2 Å². The summed E-state index contributed by atoms with van der Waals surface area (Å²) in [5.41, 5.74) is 3.09. The van der Waals surface area contributed by atoms with E-state index in [9.17, 15) is 14.4 Å². The molecule has 4 rings (SSSR count). The van der Waals surface area contributed by atoms with Crippen LogP contribution in [0.1, 0.15) is 52.0 Å². The molecule has 0 atom stereocenters. The lowest BCUT2D eigenvalue weighted by Crippen LogP contribution is -2.40. The maximum absolute atomic E-state index is 12.7. The highest BCUT2D eigenvalue weighted by Crippen LogP contribution is 2.22. The highest BCUT2D eigenvalue weighted by molar-refractivity contribution is 5.98. The first-order valence-corrected chi connectivity index (χ1v) is 11.0. The molecule has 1 heterocycles. The van der Waals surface area contributed by atoms with Crippen LogP contribution >= 0.6 is 0 Å². The lowest BCUT2D eigenvalue weighted by molar-refractivity contribution is -0.117. The van der Waals surface area contributed by atoms with Crippen molar-refractivity contribution in [2.24, 2.45) is 5.92 Å². The number of nitrogens with one attached hydrogen (secondary N) is 2. The van der Waals surface area contributed by atoms with Crippen molar-refractivity contribution in [3.05, 3.63) is 65.2 Å². The van der Waals surface area contributed by atoms with Crippen molar-refractivity contribution in [3.8, 4) is 0 Å². The normalized spacial score (nSPS) is 17.2. The molecule has 2 amide bonds. The predicted molar refractivity (Wildman–Crippen MR) is 120 cm³/mol. The average Bonchev–Trinajstić information content (AvgIpc) is 3.58. The molecule has 0 spiro atoms. The summed E-state index contributed by atoms with van der Waals surface area (Å²) >= 11 is 0. The van der Waals surface area contributed by atoms with E-state index < -0.39 is 0 Å². The molecule has 2 aromatic rings. The SMILES string of the molecule is Cc1ccc(C(=O)C2CCN(CC(=O)Nc3cccc(C(=O)NC4CC4)c3)CC2)cc1. The van der Waals surface area contributed by atoms with E-state index in [0.29, 0.717) is 17.3 Å². The van der Waals surface area contributed by atoms with Gasteiger partial charge in [0.15, 0.2) is 5.78 Å². The third kappa shape index (κ3) is 5.79. The number of ketones is 1. The van der Waals surface area contributed by atoms with Crippen LogP contribution in [0.5, 0.6) is 0 Å². The molecule has 1 aliphatic heterocycles. The maximum atomic E-state index is 12.7. The monoisotopic (exact) mass is 419 g/mol. The molecule has 31 heavy (non-hydrogen) atoms. The zero-order valence-electron chi connectivity index (χ0n) is 17.9. The quantitative estimate of drug-likeness (QED) is 0.674. The van der Waals surface area contributed by atoms with Gasteiger partial charge in [-0.3, -0.25) is 19.3 Å². The summed E-state index contributed by atoms with van der Waals surface area (Å²) in [5.74, 6) is 0.0102.